The summed E-state index contributed by atoms with van der Waals surface area (Å²) in [6.45, 7) is 7.30. The number of imide groups is 1. The third-order valence-corrected chi connectivity index (χ3v) is 21.6. The van der Waals surface area contributed by atoms with Crippen LogP contribution in [0.2, 0.25) is 0 Å². The molecule has 0 bridgehead atoms. The molecule has 9 rings (SSSR count). The third kappa shape index (κ3) is 18.2. The molecule has 31 heteroatoms. The van der Waals surface area contributed by atoms with Crippen LogP contribution in [-0.2, 0) is 78.3 Å². The molecule has 5 fully saturated rings. The van der Waals surface area contributed by atoms with Crippen molar-refractivity contribution in [3.8, 4) is 11.8 Å². The number of halogens is 2. The number of alkyl halides is 2. The van der Waals surface area contributed by atoms with Crippen molar-refractivity contribution < 1.29 is 94.1 Å². The number of thiophene rings is 1. The maximum Gasteiger partial charge on any atom is 0.510 e. The predicted molar refractivity (Wildman–Crippen MR) is 349 cm³/mol. The lowest BCUT2D eigenvalue weighted by molar-refractivity contribution is -0.144. The Balaban J connectivity index is 0.839. The van der Waals surface area contributed by atoms with Gasteiger partial charge >= 0.3 is 25.6 Å². The summed E-state index contributed by atoms with van der Waals surface area (Å²) < 4.78 is 76.1. The van der Waals surface area contributed by atoms with Gasteiger partial charge in [-0.05, 0) is 152 Å². The zero-order valence-corrected chi connectivity index (χ0v) is 57.3. The van der Waals surface area contributed by atoms with Gasteiger partial charge in [-0.1, -0.05) is 50.2 Å². The van der Waals surface area contributed by atoms with E-state index in [9.17, 15) is 57.3 Å². The minimum absolute atomic E-state index is 0.0104. The van der Waals surface area contributed by atoms with Crippen molar-refractivity contribution in [2.45, 2.75) is 198 Å². The van der Waals surface area contributed by atoms with Crippen LogP contribution in [0.15, 0.2) is 42.5 Å². The van der Waals surface area contributed by atoms with Gasteiger partial charge in [0.1, 0.15) is 30.2 Å². The highest BCUT2D eigenvalue weighted by atomic mass is 32.1. The van der Waals surface area contributed by atoms with Crippen LogP contribution in [-0.4, -0.2) is 180 Å². The van der Waals surface area contributed by atoms with E-state index < -0.39 is 129 Å². The molecule has 4 saturated heterocycles. The number of piperidine rings is 2. The first-order valence-electron chi connectivity index (χ1n) is 33.5. The Morgan fingerprint density at radius 2 is 1.53 bits per heavy atom. The van der Waals surface area contributed by atoms with E-state index in [1.165, 1.54) is 49.6 Å². The lowest BCUT2D eigenvalue weighted by Crippen LogP contribution is -2.62. The second-order valence-electron chi connectivity index (χ2n) is 26.0. The number of primary amides is 1. The molecule has 1 unspecified atom stereocenters. The van der Waals surface area contributed by atoms with Crippen molar-refractivity contribution in [3.05, 3.63) is 69.6 Å². The van der Waals surface area contributed by atoms with E-state index in [-0.39, 0.29) is 85.0 Å². The normalized spacial score (nSPS) is 21.1. The molecule has 9 amide bonds. The Morgan fingerprint density at radius 3 is 2.18 bits per heavy atom. The number of carbonyl (C=O) groups is 11. The predicted octanol–water partition coefficient (Wildman–Crippen LogP) is 7.05. The molecule has 2 aromatic carbocycles. The van der Waals surface area contributed by atoms with Gasteiger partial charge in [-0.3, -0.25) is 62.1 Å². The summed E-state index contributed by atoms with van der Waals surface area (Å²) in [5.74, 6) is 1.75. The number of nitrogens with two attached hydrogens (primary N) is 1. The Bertz CT molecular complexity index is 3590. The van der Waals surface area contributed by atoms with Crippen molar-refractivity contribution >= 4 is 94.5 Å². The van der Waals surface area contributed by atoms with Crippen molar-refractivity contribution in [3.63, 3.8) is 0 Å². The van der Waals surface area contributed by atoms with Crippen molar-refractivity contribution in [1.29, 1.82) is 0 Å². The average Bonchev–Trinajstić information content (AvgIpc) is 1.38. The number of benzene rings is 2. The second kappa shape index (κ2) is 33.2. The standard InChI is InChI=1S/C67H86F2N9O18PS/c1-6-75-30-29-46-20-22-52(78(46)63(86)50(36-75)72-61(84)54-34-44-33-45(19-24-53(44)98-54)67(68,69)97(90,93-37-91-65(88)95-39(2)3)94-38-92-66(89)96-40(4)5)60(83)71-49(21-25-55(70)79)58(81)74-57(43-15-8-7-9-16-43)64(87)76-31-27-41(28-32-76)13-10-11-14-42-17-12-18-47-48(42)35-77(62(47)85)51-23-26-56(80)73-59(51)82/h12,17-19,24,33-34,39-41,43,46,49-52,57H,6-10,13,15-16,20-23,25-32,35-38H2,1-5H3,(H2,70,79)(H,71,83)(H,72,84)(H,74,81)(H,73,80,82)/t46-,49+,50+,51?,52+,57+/m1/s1. The van der Waals surface area contributed by atoms with Gasteiger partial charge < -0.3 is 60.2 Å². The molecule has 3 aromatic rings. The van der Waals surface area contributed by atoms with Crippen LogP contribution in [0.4, 0.5) is 18.4 Å². The molecule has 1 saturated carbocycles. The molecule has 6 aliphatic rings. The summed E-state index contributed by atoms with van der Waals surface area (Å²) in [5, 5.41) is 11.1. The van der Waals surface area contributed by atoms with Crippen molar-refractivity contribution in [1.82, 2.24) is 40.9 Å². The number of amides is 9. The number of nitrogens with zero attached hydrogens (tertiary/aromatic N) is 4. The van der Waals surface area contributed by atoms with Crippen molar-refractivity contribution in [2.75, 3.05) is 46.3 Å². The molecule has 6 N–H and O–H groups in total. The van der Waals surface area contributed by atoms with Crippen LogP contribution in [0.1, 0.15) is 174 Å². The molecule has 0 spiro atoms. The van der Waals surface area contributed by atoms with Gasteiger partial charge in [0, 0.05) is 79.4 Å². The fourth-order valence-electron chi connectivity index (χ4n) is 13.5. The van der Waals surface area contributed by atoms with E-state index >= 15 is 8.78 Å². The summed E-state index contributed by atoms with van der Waals surface area (Å²) >= 11 is 0.900. The van der Waals surface area contributed by atoms with Crippen LogP contribution in [0.5, 0.6) is 0 Å². The first-order chi connectivity index (χ1) is 46.7. The number of hydrogen-bond acceptors (Lipinski definition) is 20. The van der Waals surface area contributed by atoms with Gasteiger partial charge in [0.15, 0.2) is 0 Å². The number of hydrogen-bond donors (Lipinski definition) is 5. The fraction of sp³-hybridized carbons (Fsp3) is 0.597. The number of ether oxygens (including phenoxy) is 4. The Kier molecular flexibility index (Phi) is 25.1. The highest BCUT2D eigenvalue weighted by molar-refractivity contribution is 7.54. The fourth-order valence-corrected chi connectivity index (χ4v) is 15.6. The van der Waals surface area contributed by atoms with Gasteiger partial charge in [-0.25, -0.2) is 9.59 Å². The molecule has 1 aromatic heterocycles. The largest absolute Gasteiger partial charge is 0.510 e. The highest BCUT2D eigenvalue weighted by Gasteiger charge is 2.56. The summed E-state index contributed by atoms with van der Waals surface area (Å²) in [5.41, 5.74) is 2.11. The molecule has 1 aliphatic carbocycles. The van der Waals surface area contributed by atoms with E-state index in [1.54, 1.807) is 17.0 Å². The van der Waals surface area contributed by atoms with Gasteiger partial charge in [-0.15, -0.1) is 11.3 Å². The molecule has 6 heterocycles. The summed E-state index contributed by atoms with van der Waals surface area (Å²) in [6.07, 6.45) is 3.73. The van der Waals surface area contributed by atoms with Crippen LogP contribution in [0.25, 0.3) is 10.1 Å². The molecule has 6 atom stereocenters. The Morgan fingerprint density at radius 1 is 0.837 bits per heavy atom. The van der Waals surface area contributed by atoms with Gasteiger partial charge in [0.05, 0.1) is 17.1 Å². The topological polar surface area (TPSA) is 347 Å². The lowest BCUT2D eigenvalue weighted by atomic mass is 9.82. The molecule has 27 nitrogen and oxygen atoms in total. The van der Waals surface area contributed by atoms with Gasteiger partial charge in [0.25, 0.3) is 11.8 Å². The SMILES string of the molecule is CCN1CC[C@H]2CC[C@@H](C(=O)N[C@@H](CCC(N)=O)C(=O)N[C@H](C(=O)N3CCC(CCC#Cc4cccc5c4CN(C4CCC(=O)NC4=O)C5=O)CC3)C3CCCCC3)N2C(=O)[C@@H](NC(=O)c2cc3cc(C(F)(F)P(=O)(OCOC(=O)OC(C)C)OCOC(=O)OC(C)C)ccc3s2)C1. The number of likely N-dealkylation sites (N-methyl/N-ethyl adjacent to an activating group) is 1. The van der Waals surface area contributed by atoms with Crippen molar-refractivity contribution in [2.24, 2.45) is 17.6 Å². The minimum atomic E-state index is -5.76. The van der Waals surface area contributed by atoms with Gasteiger partial charge in [-0.2, -0.15) is 8.78 Å². The zero-order valence-electron chi connectivity index (χ0n) is 55.6. The summed E-state index contributed by atoms with van der Waals surface area (Å²) in [7, 11) is -5.76. The van der Waals surface area contributed by atoms with E-state index in [0.29, 0.717) is 87.0 Å². The van der Waals surface area contributed by atoms with E-state index in [1.807, 2.05) is 17.9 Å². The zero-order chi connectivity index (χ0) is 70.6. The summed E-state index contributed by atoms with van der Waals surface area (Å²) in [6, 6.07) is 3.86. The molecular formula is C67H86F2N9O18PS. The van der Waals surface area contributed by atoms with E-state index in [2.05, 4.69) is 42.6 Å². The highest BCUT2D eigenvalue weighted by Crippen LogP contribution is 2.67. The third-order valence-electron chi connectivity index (χ3n) is 18.6. The first-order valence-corrected chi connectivity index (χ1v) is 35.9. The quantitative estimate of drug-likeness (QED) is 0.0186. The molecular weight excluding hydrogens is 1320 g/mol. The Hall–Kier alpha value is -8.10. The molecule has 532 valence electrons. The molecule has 98 heavy (non-hydrogen) atoms. The number of carbonyl (C=O) groups excluding carboxylic acids is 11. The Labute approximate surface area is 570 Å². The first kappa shape index (κ1) is 74.1. The number of nitrogens with one attached hydrogen (secondary N) is 4. The van der Waals surface area contributed by atoms with Crippen LogP contribution >= 0.6 is 18.9 Å². The summed E-state index contributed by atoms with van der Waals surface area (Å²) in [4.78, 5) is 154. The average molecular weight is 1410 g/mol. The maximum absolute atomic E-state index is 16.5. The van der Waals surface area contributed by atoms with Crippen LogP contribution < -0.4 is 27.0 Å². The van der Waals surface area contributed by atoms with Gasteiger partial charge in [0.2, 0.25) is 54.9 Å². The second-order valence-corrected chi connectivity index (χ2v) is 29.2. The van der Waals surface area contributed by atoms with E-state index in [0.717, 1.165) is 54.7 Å². The maximum atomic E-state index is 16.5. The monoisotopic (exact) mass is 1410 g/mol. The number of fused-ring (bicyclic) bond motifs is 3. The van der Waals surface area contributed by atoms with E-state index in [4.69, 9.17) is 24.3 Å². The van der Waals surface area contributed by atoms with Crippen LogP contribution in [0.3, 0.4) is 0 Å². The number of rotatable bonds is 25. The number of likely N-dealkylation sites (tertiary alicyclic amines) is 1. The lowest BCUT2D eigenvalue weighted by Gasteiger charge is -2.39. The molecule has 0 radical (unpaired) electrons. The van der Waals surface area contributed by atoms with Crippen LogP contribution in [0, 0.1) is 23.7 Å². The smallest absolute Gasteiger partial charge is 0.432 e. The minimum Gasteiger partial charge on any atom is -0.432 e. The molecule has 5 aliphatic heterocycles.